The van der Waals surface area contributed by atoms with E-state index in [9.17, 15) is 0 Å². The van der Waals surface area contributed by atoms with Gasteiger partial charge in [-0.05, 0) is 11.1 Å². The maximum atomic E-state index is 8.88. The third kappa shape index (κ3) is 7.44. The van der Waals surface area contributed by atoms with E-state index in [1.807, 2.05) is 0 Å². The maximum Gasteiger partial charge on any atom is 0.466 e. The Balaban J connectivity index is 0.000000368. The number of nitrogens with zero attached hydrogens (tertiary/aromatic N) is 2. The van der Waals surface area contributed by atoms with Gasteiger partial charge in [0, 0.05) is 25.5 Å². The fraction of sp³-hybridized carbons (Fsp3) is 0.176. The van der Waals surface area contributed by atoms with Crippen molar-refractivity contribution in [2.24, 2.45) is 0 Å². The second-order valence-corrected chi connectivity index (χ2v) is 6.44. The summed E-state index contributed by atoms with van der Waals surface area (Å²) >= 11 is 0. The summed E-state index contributed by atoms with van der Waals surface area (Å²) in [5, 5.41) is 0. The summed E-state index contributed by atoms with van der Waals surface area (Å²) in [5.74, 6) is 0. The van der Waals surface area contributed by atoms with Gasteiger partial charge in [-0.25, -0.2) is 4.57 Å². The molecular formula is C17H21N2O4P. The van der Waals surface area contributed by atoms with Gasteiger partial charge in [0.1, 0.15) is 0 Å². The van der Waals surface area contributed by atoms with Crippen molar-refractivity contribution in [3.63, 3.8) is 0 Å². The first-order chi connectivity index (χ1) is 11.4. The number of hydrogen-bond acceptors (Lipinski definition) is 3. The first kappa shape index (κ1) is 18.2. The molecule has 0 unspecified atom stereocenters. The van der Waals surface area contributed by atoms with Gasteiger partial charge >= 0.3 is 7.82 Å². The molecule has 2 aromatic carbocycles. The van der Waals surface area contributed by atoms with Crippen LogP contribution in [0, 0.1) is 0 Å². The van der Waals surface area contributed by atoms with Crippen LogP contribution in [0.2, 0.25) is 0 Å². The Morgan fingerprint density at radius 2 is 1.08 bits per heavy atom. The molecule has 24 heavy (non-hydrogen) atoms. The summed E-state index contributed by atoms with van der Waals surface area (Å²) in [5.41, 5.74) is 2.71. The first-order valence-electron chi connectivity index (χ1n) is 7.43. The van der Waals surface area contributed by atoms with Crippen molar-refractivity contribution in [2.45, 2.75) is 13.1 Å². The molecule has 3 rings (SSSR count). The fourth-order valence-corrected chi connectivity index (χ4v) is 2.36. The molecular weight excluding hydrogens is 327 g/mol. The van der Waals surface area contributed by atoms with Crippen LogP contribution in [0.1, 0.15) is 11.1 Å². The van der Waals surface area contributed by atoms with Crippen molar-refractivity contribution in [3.05, 3.63) is 84.2 Å². The Morgan fingerprint density at radius 1 is 0.750 bits per heavy atom. The van der Waals surface area contributed by atoms with Gasteiger partial charge in [0.25, 0.3) is 0 Å². The second kappa shape index (κ2) is 8.66. The average molecular weight is 348 g/mol. The quantitative estimate of drug-likeness (QED) is 0.737. The van der Waals surface area contributed by atoms with Crippen molar-refractivity contribution in [1.29, 1.82) is 0 Å². The van der Waals surface area contributed by atoms with Gasteiger partial charge in [0.05, 0.1) is 6.67 Å². The summed E-state index contributed by atoms with van der Waals surface area (Å²) < 4.78 is 8.88. The van der Waals surface area contributed by atoms with E-state index in [-0.39, 0.29) is 0 Å². The summed E-state index contributed by atoms with van der Waals surface area (Å²) in [6.45, 7) is 2.91. The summed E-state index contributed by atoms with van der Waals surface area (Å²) in [6, 6.07) is 21.2. The van der Waals surface area contributed by atoms with Crippen LogP contribution >= 0.6 is 7.82 Å². The van der Waals surface area contributed by atoms with Crippen LogP contribution in [0.5, 0.6) is 0 Å². The molecule has 0 aromatic heterocycles. The molecule has 1 aliphatic rings. The van der Waals surface area contributed by atoms with Crippen molar-refractivity contribution in [1.82, 2.24) is 9.80 Å². The SMILES string of the molecule is C1=CN(Cc2ccccc2)CN1Cc1ccccc1.O=P(O)(O)O. The highest BCUT2D eigenvalue weighted by Crippen LogP contribution is 2.25. The van der Waals surface area contributed by atoms with Crippen LogP contribution in [0.15, 0.2) is 73.1 Å². The smallest absolute Gasteiger partial charge is 0.354 e. The van der Waals surface area contributed by atoms with Gasteiger partial charge in [-0.3, -0.25) is 0 Å². The molecule has 0 amide bonds. The normalized spacial score (nSPS) is 13.6. The van der Waals surface area contributed by atoms with Crippen LogP contribution < -0.4 is 0 Å². The highest BCUT2D eigenvalue weighted by atomic mass is 31.2. The number of hydrogen-bond donors (Lipinski definition) is 3. The van der Waals surface area contributed by atoms with E-state index in [1.54, 1.807) is 0 Å². The highest BCUT2D eigenvalue weighted by Gasteiger charge is 2.12. The van der Waals surface area contributed by atoms with E-state index < -0.39 is 7.82 Å². The Morgan fingerprint density at radius 3 is 1.42 bits per heavy atom. The fourth-order valence-electron chi connectivity index (χ4n) is 2.36. The van der Waals surface area contributed by atoms with Gasteiger partial charge in [-0.2, -0.15) is 0 Å². The molecule has 0 saturated carbocycles. The van der Waals surface area contributed by atoms with Crippen LogP contribution in [0.3, 0.4) is 0 Å². The minimum Gasteiger partial charge on any atom is -0.354 e. The lowest BCUT2D eigenvalue weighted by Gasteiger charge is -2.21. The molecule has 0 spiro atoms. The van der Waals surface area contributed by atoms with Crippen LogP contribution in [0.4, 0.5) is 0 Å². The highest BCUT2D eigenvalue weighted by molar-refractivity contribution is 7.45. The van der Waals surface area contributed by atoms with E-state index in [0.717, 1.165) is 19.8 Å². The number of benzene rings is 2. The Hall–Kier alpha value is -2.11. The molecule has 1 heterocycles. The molecule has 0 radical (unpaired) electrons. The molecule has 7 heteroatoms. The Kier molecular flexibility index (Phi) is 6.58. The van der Waals surface area contributed by atoms with Crippen LogP contribution in [0.25, 0.3) is 0 Å². The third-order valence-electron chi connectivity index (χ3n) is 3.31. The topological polar surface area (TPSA) is 84.2 Å². The molecule has 0 bridgehead atoms. The van der Waals surface area contributed by atoms with Crippen LogP contribution in [-0.4, -0.2) is 31.1 Å². The molecule has 1 aliphatic heterocycles. The Bertz CT molecular complexity index is 630. The largest absolute Gasteiger partial charge is 0.466 e. The zero-order chi connectivity index (χ0) is 17.4. The van der Waals surface area contributed by atoms with Gasteiger partial charge in [-0.1, -0.05) is 60.7 Å². The number of rotatable bonds is 4. The molecule has 128 valence electrons. The summed E-state index contributed by atoms with van der Waals surface area (Å²) in [6.07, 6.45) is 4.35. The molecule has 0 atom stereocenters. The maximum absolute atomic E-state index is 8.88. The zero-order valence-corrected chi connectivity index (χ0v) is 14.0. The van der Waals surface area contributed by atoms with E-state index in [1.165, 1.54) is 11.1 Å². The third-order valence-corrected chi connectivity index (χ3v) is 3.31. The molecule has 0 saturated heterocycles. The summed E-state index contributed by atoms with van der Waals surface area (Å²) in [4.78, 5) is 26.2. The lowest BCUT2D eigenvalue weighted by Crippen LogP contribution is -2.24. The predicted octanol–water partition coefficient (Wildman–Crippen LogP) is 2.50. The molecule has 3 N–H and O–H groups in total. The van der Waals surface area contributed by atoms with E-state index in [4.69, 9.17) is 19.2 Å². The van der Waals surface area contributed by atoms with E-state index in [0.29, 0.717) is 0 Å². The average Bonchev–Trinajstić information content (AvgIpc) is 2.95. The standard InChI is InChI=1S/C17H18N2.H3O4P/c1-3-7-16(8-4-1)13-18-11-12-19(15-18)14-17-9-5-2-6-10-17;1-5(2,3)4/h1-12H,13-15H2;(H3,1,2,3,4). The first-order valence-corrected chi connectivity index (χ1v) is 8.99. The predicted molar refractivity (Wildman–Crippen MR) is 92.2 cm³/mol. The van der Waals surface area contributed by atoms with E-state index in [2.05, 4.69) is 82.9 Å². The van der Waals surface area contributed by atoms with Crippen molar-refractivity contribution >= 4 is 7.82 Å². The molecule has 2 aromatic rings. The van der Waals surface area contributed by atoms with Gasteiger partial charge in [-0.15, -0.1) is 0 Å². The zero-order valence-electron chi connectivity index (χ0n) is 13.1. The van der Waals surface area contributed by atoms with E-state index >= 15 is 0 Å². The molecule has 6 nitrogen and oxygen atoms in total. The van der Waals surface area contributed by atoms with Crippen LogP contribution in [-0.2, 0) is 17.7 Å². The Labute approximate surface area is 141 Å². The second-order valence-electron chi connectivity index (χ2n) is 5.42. The summed E-state index contributed by atoms with van der Waals surface area (Å²) in [7, 11) is -4.64. The minimum atomic E-state index is -4.64. The molecule has 0 aliphatic carbocycles. The van der Waals surface area contributed by atoms with Crippen molar-refractivity contribution in [2.75, 3.05) is 6.67 Å². The molecule has 0 fully saturated rings. The van der Waals surface area contributed by atoms with Crippen molar-refractivity contribution in [3.8, 4) is 0 Å². The number of phosphoric acid groups is 1. The lowest BCUT2D eigenvalue weighted by atomic mass is 10.2. The van der Waals surface area contributed by atoms with Gasteiger partial charge in [0.2, 0.25) is 0 Å². The lowest BCUT2D eigenvalue weighted by molar-refractivity contribution is 0.255. The van der Waals surface area contributed by atoms with Gasteiger partial charge in [0.15, 0.2) is 0 Å². The van der Waals surface area contributed by atoms with Crippen molar-refractivity contribution < 1.29 is 19.2 Å². The minimum absolute atomic E-state index is 0.962. The monoisotopic (exact) mass is 348 g/mol. The van der Waals surface area contributed by atoms with Gasteiger partial charge < -0.3 is 24.5 Å².